The third kappa shape index (κ3) is 5.64. The molecule has 0 radical (unpaired) electrons. The molecule has 3 unspecified atom stereocenters. The molecule has 0 bridgehead atoms. The van der Waals surface area contributed by atoms with E-state index in [0.717, 1.165) is 84.4 Å². The maximum absolute atomic E-state index is 13.7. The summed E-state index contributed by atoms with van der Waals surface area (Å²) >= 11 is 0. The number of likely N-dealkylation sites (tertiary alicyclic amines) is 1. The molecular formula is C27H40N4O3. The number of carbonyl (C=O) groups excluding carboxylic acids is 2. The van der Waals surface area contributed by atoms with Gasteiger partial charge >= 0.3 is 0 Å². The van der Waals surface area contributed by atoms with E-state index in [-0.39, 0.29) is 35.9 Å². The number of hydrogen-bond donors (Lipinski definition) is 1. The molecular weight excluding hydrogens is 428 g/mol. The van der Waals surface area contributed by atoms with Crippen molar-refractivity contribution < 1.29 is 14.3 Å². The predicted octanol–water partition coefficient (Wildman–Crippen LogP) is 2.18. The van der Waals surface area contributed by atoms with Gasteiger partial charge in [0.05, 0.1) is 6.10 Å². The minimum Gasteiger partial charge on any atom is -0.377 e. The van der Waals surface area contributed by atoms with Crippen molar-refractivity contribution >= 4 is 11.8 Å². The van der Waals surface area contributed by atoms with Gasteiger partial charge in [-0.05, 0) is 57.6 Å². The lowest BCUT2D eigenvalue weighted by atomic mass is 10.1. The zero-order valence-corrected chi connectivity index (χ0v) is 20.6. The molecule has 7 heteroatoms. The highest BCUT2D eigenvalue weighted by Crippen LogP contribution is 2.35. The van der Waals surface area contributed by atoms with Gasteiger partial charge < -0.3 is 19.9 Å². The Morgan fingerprint density at radius 2 is 1.88 bits per heavy atom. The SMILES string of the molecule is Cc1ccc(CN(CC2CCCO2)C2CC(C(=O)N3CCCNCC3)N(C(=O)C3CC3)C2)cc1. The molecule has 0 aromatic heterocycles. The fourth-order valence-corrected chi connectivity index (χ4v) is 5.72. The van der Waals surface area contributed by atoms with Gasteiger partial charge in [0, 0.05) is 57.8 Å². The van der Waals surface area contributed by atoms with Gasteiger partial charge in [0.1, 0.15) is 6.04 Å². The van der Waals surface area contributed by atoms with Crippen LogP contribution >= 0.6 is 0 Å². The second kappa shape index (κ2) is 10.8. The molecule has 1 saturated carbocycles. The van der Waals surface area contributed by atoms with Crippen LogP contribution in [0.1, 0.15) is 49.7 Å². The highest BCUT2D eigenvalue weighted by atomic mass is 16.5. The number of nitrogens with one attached hydrogen (secondary N) is 1. The van der Waals surface area contributed by atoms with Crippen LogP contribution in [0.2, 0.25) is 0 Å². The normalized spacial score (nSPS) is 27.9. The summed E-state index contributed by atoms with van der Waals surface area (Å²) in [5, 5.41) is 3.39. The summed E-state index contributed by atoms with van der Waals surface area (Å²) in [5.74, 6) is 0.470. The number of aryl methyl sites for hydroxylation is 1. The lowest BCUT2D eigenvalue weighted by Gasteiger charge is -2.31. The van der Waals surface area contributed by atoms with Crippen LogP contribution in [0.5, 0.6) is 0 Å². The largest absolute Gasteiger partial charge is 0.377 e. The summed E-state index contributed by atoms with van der Waals surface area (Å²) in [5.41, 5.74) is 2.53. The quantitative estimate of drug-likeness (QED) is 0.665. The molecule has 3 heterocycles. The molecule has 1 aliphatic carbocycles. The molecule has 1 aromatic rings. The first kappa shape index (κ1) is 23.8. The Morgan fingerprint density at radius 3 is 2.62 bits per heavy atom. The van der Waals surface area contributed by atoms with Gasteiger partial charge in [-0.15, -0.1) is 0 Å². The lowest BCUT2D eigenvalue weighted by Crippen LogP contribution is -2.49. The van der Waals surface area contributed by atoms with E-state index in [0.29, 0.717) is 6.54 Å². The van der Waals surface area contributed by atoms with E-state index >= 15 is 0 Å². The first-order valence-corrected chi connectivity index (χ1v) is 13.3. The molecule has 3 saturated heterocycles. The van der Waals surface area contributed by atoms with Gasteiger partial charge in [0.15, 0.2) is 0 Å². The van der Waals surface area contributed by atoms with E-state index in [9.17, 15) is 9.59 Å². The Balaban J connectivity index is 1.35. The highest BCUT2D eigenvalue weighted by molar-refractivity contribution is 5.90. The maximum atomic E-state index is 13.7. The molecule has 186 valence electrons. The second-order valence-corrected chi connectivity index (χ2v) is 10.6. The molecule has 3 atom stereocenters. The number of amides is 2. The Morgan fingerprint density at radius 1 is 1.06 bits per heavy atom. The minimum atomic E-state index is -0.332. The van der Waals surface area contributed by atoms with Crippen molar-refractivity contribution in [1.29, 1.82) is 0 Å². The van der Waals surface area contributed by atoms with Crippen molar-refractivity contribution in [1.82, 2.24) is 20.0 Å². The van der Waals surface area contributed by atoms with E-state index in [2.05, 4.69) is 41.4 Å². The Hall–Kier alpha value is -1.96. The molecule has 5 rings (SSSR count). The van der Waals surface area contributed by atoms with Gasteiger partial charge in [0.2, 0.25) is 11.8 Å². The molecule has 1 aromatic carbocycles. The number of nitrogens with zero attached hydrogens (tertiary/aromatic N) is 3. The molecule has 2 amide bonds. The first-order chi connectivity index (χ1) is 16.6. The fraction of sp³-hybridized carbons (Fsp3) is 0.704. The van der Waals surface area contributed by atoms with Crippen LogP contribution in [0.3, 0.4) is 0 Å². The van der Waals surface area contributed by atoms with E-state index in [1.807, 2.05) is 9.80 Å². The third-order valence-electron chi connectivity index (χ3n) is 7.91. The molecule has 1 N–H and O–H groups in total. The molecule has 0 spiro atoms. The number of benzene rings is 1. The van der Waals surface area contributed by atoms with Crippen LogP contribution in [0.15, 0.2) is 24.3 Å². The average Bonchev–Trinajstić information content (AvgIpc) is 3.50. The van der Waals surface area contributed by atoms with Gasteiger partial charge in [0.25, 0.3) is 0 Å². The van der Waals surface area contributed by atoms with Crippen molar-refractivity contribution in [3.63, 3.8) is 0 Å². The van der Waals surface area contributed by atoms with Crippen LogP contribution < -0.4 is 5.32 Å². The smallest absolute Gasteiger partial charge is 0.245 e. The second-order valence-electron chi connectivity index (χ2n) is 10.6. The van der Waals surface area contributed by atoms with Crippen molar-refractivity contribution in [2.45, 2.75) is 70.2 Å². The van der Waals surface area contributed by atoms with E-state index in [1.54, 1.807) is 0 Å². The van der Waals surface area contributed by atoms with Crippen molar-refractivity contribution in [2.24, 2.45) is 5.92 Å². The highest BCUT2D eigenvalue weighted by Gasteiger charge is 2.47. The fourth-order valence-electron chi connectivity index (χ4n) is 5.72. The van der Waals surface area contributed by atoms with Gasteiger partial charge in [-0.3, -0.25) is 14.5 Å². The van der Waals surface area contributed by atoms with Crippen molar-refractivity contribution in [3.05, 3.63) is 35.4 Å². The molecule has 3 aliphatic heterocycles. The van der Waals surface area contributed by atoms with Gasteiger partial charge in [-0.25, -0.2) is 0 Å². The molecule has 34 heavy (non-hydrogen) atoms. The molecule has 4 aliphatic rings. The average molecular weight is 469 g/mol. The number of carbonyl (C=O) groups is 2. The summed E-state index contributed by atoms with van der Waals surface area (Å²) in [7, 11) is 0. The Bertz CT molecular complexity index is 842. The van der Waals surface area contributed by atoms with Gasteiger partial charge in [-0.2, -0.15) is 0 Å². The third-order valence-corrected chi connectivity index (χ3v) is 7.91. The summed E-state index contributed by atoms with van der Waals surface area (Å²) in [4.78, 5) is 33.4. The van der Waals surface area contributed by atoms with Crippen LogP contribution in [-0.4, -0.2) is 90.6 Å². The zero-order valence-electron chi connectivity index (χ0n) is 20.6. The summed E-state index contributed by atoms with van der Waals surface area (Å²) in [6.45, 7) is 8.57. The number of hydrogen-bond acceptors (Lipinski definition) is 5. The van der Waals surface area contributed by atoms with E-state index < -0.39 is 0 Å². The zero-order chi connectivity index (χ0) is 23.5. The standard InChI is InChI=1S/C27H40N4O3/c1-20-5-7-21(8-6-20)17-30(19-24-4-2-15-34-24)23-16-25(31(18-23)26(32)22-9-10-22)27(33)29-13-3-11-28-12-14-29/h5-8,22-25,28H,2-4,9-19H2,1H3. The summed E-state index contributed by atoms with van der Waals surface area (Å²) < 4.78 is 6.00. The molecule has 7 nitrogen and oxygen atoms in total. The van der Waals surface area contributed by atoms with Crippen LogP contribution in [-0.2, 0) is 20.9 Å². The van der Waals surface area contributed by atoms with Crippen LogP contribution in [0.25, 0.3) is 0 Å². The minimum absolute atomic E-state index is 0.128. The Kier molecular flexibility index (Phi) is 7.52. The summed E-state index contributed by atoms with van der Waals surface area (Å²) in [6, 6.07) is 8.57. The Labute approximate surface area is 203 Å². The van der Waals surface area contributed by atoms with Crippen molar-refractivity contribution in [3.8, 4) is 0 Å². The monoisotopic (exact) mass is 468 g/mol. The summed E-state index contributed by atoms with van der Waals surface area (Å²) in [6.07, 6.45) is 6.07. The molecule has 4 fully saturated rings. The lowest BCUT2D eigenvalue weighted by molar-refractivity contribution is -0.144. The predicted molar refractivity (Wildman–Crippen MR) is 131 cm³/mol. The van der Waals surface area contributed by atoms with Crippen LogP contribution in [0.4, 0.5) is 0 Å². The van der Waals surface area contributed by atoms with Crippen molar-refractivity contribution in [2.75, 3.05) is 45.9 Å². The number of rotatable bonds is 7. The van der Waals surface area contributed by atoms with E-state index in [4.69, 9.17) is 4.74 Å². The van der Waals surface area contributed by atoms with Crippen LogP contribution in [0, 0.1) is 12.8 Å². The number of ether oxygens (including phenoxy) is 1. The van der Waals surface area contributed by atoms with E-state index in [1.165, 1.54) is 11.1 Å². The topological polar surface area (TPSA) is 65.1 Å². The maximum Gasteiger partial charge on any atom is 0.245 e. The van der Waals surface area contributed by atoms with Gasteiger partial charge in [-0.1, -0.05) is 29.8 Å². The first-order valence-electron chi connectivity index (χ1n) is 13.3.